The largest absolute Gasteiger partial charge is 0.372 e. The van der Waals surface area contributed by atoms with Crippen LogP contribution in [0.3, 0.4) is 0 Å². The van der Waals surface area contributed by atoms with E-state index in [9.17, 15) is 13.0 Å². The van der Waals surface area contributed by atoms with Gasteiger partial charge in [-0.2, -0.15) is 8.42 Å². The maximum absolute atomic E-state index is 11.7. The highest BCUT2D eigenvalue weighted by atomic mass is 32.2. The van der Waals surface area contributed by atoms with Crippen LogP contribution in [0.1, 0.15) is 61.4 Å². The number of hydrogen-bond acceptors (Lipinski definition) is 5. The van der Waals surface area contributed by atoms with Gasteiger partial charge in [0.2, 0.25) is 0 Å². The van der Waals surface area contributed by atoms with E-state index in [1.165, 1.54) is 45.8 Å². The predicted octanol–water partition coefficient (Wildman–Crippen LogP) is 9.01. The van der Waals surface area contributed by atoms with Crippen LogP contribution < -0.4 is 14.7 Å². The molecule has 0 spiro atoms. The third-order valence-corrected chi connectivity index (χ3v) is 9.94. The average Bonchev–Trinajstić information content (AvgIpc) is 3.12. The molecule has 0 saturated carbocycles. The Morgan fingerprint density at radius 2 is 0.896 bits per heavy atom. The van der Waals surface area contributed by atoms with Crippen LogP contribution in [0.4, 0.5) is 17.1 Å². The van der Waals surface area contributed by atoms with Crippen molar-refractivity contribution in [2.24, 2.45) is 0 Å². The summed E-state index contributed by atoms with van der Waals surface area (Å²) in [4.78, 5) is 6.86. The molecule has 48 heavy (non-hydrogen) atoms. The Labute approximate surface area is 287 Å². The van der Waals surface area contributed by atoms with Crippen molar-refractivity contribution < 1.29 is 13.0 Å². The quantitative estimate of drug-likeness (QED) is 0.0893. The lowest BCUT2D eigenvalue weighted by atomic mass is 9.85. The van der Waals surface area contributed by atoms with Gasteiger partial charge < -0.3 is 14.7 Å². The Kier molecular flexibility index (Phi) is 11.6. The number of benzene rings is 5. The van der Waals surface area contributed by atoms with Gasteiger partial charge in [0.15, 0.2) is 0 Å². The van der Waals surface area contributed by atoms with Crippen LogP contribution in [-0.4, -0.2) is 39.1 Å². The number of nitrogens with zero attached hydrogens (tertiary/aromatic N) is 3. The first-order valence-corrected chi connectivity index (χ1v) is 18.3. The van der Waals surface area contributed by atoms with Crippen molar-refractivity contribution in [3.63, 3.8) is 0 Å². The van der Waals surface area contributed by atoms with Crippen molar-refractivity contribution >= 4 is 27.2 Å². The lowest BCUT2D eigenvalue weighted by molar-refractivity contribution is 0.483. The monoisotopic (exact) mass is 661 g/mol. The Morgan fingerprint density at radius 3 is 1.31 bits per heavy atom. The lowest BCUT2D eigenvalue weighted by Gasteiger charge is -2.26. The number of anilines is 3. The zero-order valence-corrected chi connectivity index (χ0v) is 29.3. The first-order chi connectivity index (χ1) is 23.2. The zero-order chi connectivity index (χ0) is 34.1. The van der Waals surface area contributed by atoms with Gasteiger partial charge >= 0.3 is 0 Å². The van der Waals surface area contributed by atoms with E-state index in [2.05, 4.69) is 146 Å². The van der Waals surface area contributed by atoms with Gasteiger partial charge in [0.1, 0.15) is 0 Å². The Morgan fingerprint density at radius 1 is 0.500 bits per heavy atom. The van der Waals surface area contributed by atoms with Gasteiger partial charge in [0, 0.05) is 62.2 Å². The first kappa shape index (κ1) is 34.7. The SMILES string of the molecule is CCN(CC)c1ccc(C(c2ccc(N(CC)Cc3ccccc3)cc2)c2ccc(N(CC)Cc3cccc(S(=O)(=O)O)c3)cc2)cc1. The smallest absolute Gasteiger partial charge is 0.294 e. The lowest BCUT2D eigenvalue weighted by Crippen LogP contribution is -2.22. The van der Waals surface area contributed by atoms with Crippen molar-refractivity contribution in [3.05, 3.63) is 155 Å². The van der Waals surface area contributed by atoms with Crippen LogP contribution in [0.15, 0.2) is 132 Å². The van der Waals surface area contributed by atoms with E-state index in [0.717, 1.165) is 44.0 Å². The second kappa shape index (κ2) is 16.0. The number of hydrogen-bond donors (Lipinski definition) is 1. The molecule has 1 N–H and O–H groups in total. The highest BCUT2D eigenvalue weighted by Gasteiger charge is 2.19. The molecule has 0 fully saturated rings. The normalized spacial score (nSPS) is 12.0. The summed E-state index contributed by atoms with van der Waals surface area (Å²) >= 11 is 0. The second-order valence-corrected chi connectivity index (χ2v) is 13.4. The minimum absolute atomic E-state index is 0.0459. The topological polar surface area (TPSA) is 64.1 Å². The molecule has 0 bridgehead atoms. The summed E-state index contributed by atoms with van der Waals surface area (Å²) in [6.45, 7) is 13.6. The predicted molar refractivity (Wildman–Crippen MR) is 200 cm³/mol. The van der Waals surface area contributed by atoms with Crippen molar-refractivity contribution in [1.82, 2.24) is 0 Å². The summed E-state index contributed by atoms with van der Waals surface area (Å²) in [6.07, 6.45) is 0. The van der Waals surface area contributed by atoms with Gasteiger partial charge in [-0.15, -0.1) is 0 Å². The van der Waals surface area contributed by atoms with Crippen LogP contribution in [0.5, 0.6) is 0 Å². The van der Waals surface area contributed by atoms with Crippen molar-refractivity contribution in [1.29, 1.82) is 0 Å². The molecule has 5 aromatic carbocycles. The minimum atomic E-state index is -4.26. The van der Waals surface area contributed by atoms with Crippen LogP contribution in [0.25, 0.3) is 0 Å². The average molecular weight is 662 g/mol. The molecule has 0 radical (unpaired) electrons. The summed E-state index contributed by atoms with van der Waals surface area (Å²) in [7, 11) is -4.26. The Hall–Kier alpha value is -4.59. The van der Waals surface area contributed by atoms with Gasteiger partial charge in [0.05, 0.1) is 4.90 Å². The third-order valence-electron chi connectivity index (χ3n) is 9.09. The van der Waals surface area contributed by atoms with E-state index in [1.54, 1.807) is 6.07 Å². The summed E-state index contributed by atoms with van der Waals surface area (Å²) in [6, 6.07) is 43.8. The molecule has 5 rings (SSSR count). The molecule has 5 aromatic rings. The third kappa shape index (κ3) is 8.46. The summed E-state index contributed by atoms with van der Waals surface area (Å²) < 4.78 is 32.9. The van der Waals surface area contributed by atoms with E-state index >= 15 is 0 Å². The fraction of sp³-hybridized carbons (Fsp3) is 0.268. The molecule has 0 aliphatic carbocycles. The standard InChI is InChI=1S/C41H47N3O3S/c1-5-42(6-2)37-23-17-34(18-24-37)41(35-19-25-38(26-20-35)43(7-3)30-32-13-10-9-11-14-32)36-21-27-39(28-22-36)44(8-4)31-33-15-12-16-40(29-33)48(45,46)47/h9-29,41H,5-8,30-31H2,1-4H3,(H,45,46,47). The van der Waals surface area contributed by atoms with Gasteiger partial charge in [-0.25, -0.2) is 0 Å². The zero-order valence-electron chi connectivity index (χ0n) is 28.5. The molecule has 0 aliphatic rings. The minimum Gasteiger partial charge on any atom is -0.372 e. The molecule has 1 atom stereocenters. The van der Waals surface area contributed by atoms with Crippen molar-refractivity contribution in [2.75, 3.05) is 40.9 Å². The Bertz CT molecular complexity index is 1840. The fourth-order valence-corrected chi connectivity index (χ4v) is 6.95. The first-order valence-electron chi connectivity index (χ1n) is 16.9. The summed E-state index contributed by atoms with van der Waals surface area (Å²) in [5.41, 5.74) is 9.24. The van der Waals surface area contributed by atoms with Crippen molar-refractivity contribution in [3.8, 4) is 0 Å². The molecule has 0 saturated heterocycles. The summed E-state index contributed by atoms with van der Waals surface area (Å²) in [5.74, 6) is 0.0459. The van der Waals surface area contributed by atoms with Gasteiger partial charge in [-0.05, 0) is 104 Å². The molecule has 1 unspecified atom stereocenters. The van der Waals surface area contributed by atoms with E-state index < -0.39 is 10.1 Å². The molecule has 0 heterocycles. The molecular formula is C41H47N3O3S. The van der Waals surface area contributed by atoms with E-state index in [1.807, 2.05) is 6.07 Å². The second-order valence-electron chi connectivity index (χ2n) is 12.0. The van der Waals surface area contributed by atoms with E-state index in [-0.39, 0.29) is 10.8 Å². The van der Waals surface area contributed by atoms with Gasteiger partial charge in [0.25, 0.3) is 10.1 Å². The maximum Gasteiger partial charge on any atom is 0.294 e. The molecule has 6 nitrogen and oxygen atoms in total. The number of rotatable bonds is 15. The fourth-order valence-electron chi connectivity index (χ4n) is 6.40. The molecular weight excluding hydrogens is 615 g/mol. The summed E-state index contributed by atoms with van der Waals surface area (Å²) in [5, 5.41) is 0. The van der Waals surface area contributed by atoms with Crippen molar-refractivity contribution in [2.45, 2.75) is 51.6 Å². The molecule has 0 amide bonds. The van der Waals surface area contributed by atoms with E-state index in [0.29, 0.717) is 6.54 Å². The highest BCUT2D eigenvalue weighted by molar-refractivity contribution is 7.85. The molecule has 250 valence electrons. The molecule has 7 heteroatoms. The van der Waals surface area contributed by atoms with Crippen LogP contribution in [0, 0.1) is 0 Å². The van der Waals surface area contributed by atoms with Gasteiger partial charge in [-0.3, -0.25) is 4.55 Å². The van der Waals surface area contributed by atoms with E-state index in [4.69, 9.17) is 0 Å². The molecule has 0 aromatic heterocycles. The van der Waals surface area contributed by atoms with Gasteiger partial charge in [-0.1, -0.05) is 78.9 Å². The van der Waals surface area contributed by atoms with Crippen LogP contribution in [-0.2, 0) is 23.2 Å². The maximum atomic E-state index is 11.7. The molecule has 0 aliphatic heterocycles. The highest BCUT2D eigenvalue weighted by Crippen LogP contribution is 2.35. The van der Waals surface area contributed by atoms with Crippen LogP contribution in [0.2, 0.25) is 0 Å². The Balaban J connectivity index is 1.45. The van der Waals surface area contributed by atoms with Crippen LogP contribution >= 0.6 is 0 Å².